The van der Waals surface area contributed by atoms with Gasteiger partial charge < -0.3 is 14.8 Å². The van der Waals surface area contributed by atoms with E-state index in [1.54, 1.807) is 20.4 Å². The Bertz CT molecular complexity index is 339. The molecule has 0 fully saturated rings. The molecule has 0 aliphatic heterocycles. The molecule has 0 aliphatic rings. The maximum atomic E-state index is 5.32. The van der Waals surface area contributed by atoms with Gasteiger partial charge in [-0.05, 0) is 29.4 Å². The van der Waals surface area contributed by atoms with Gasteiger partial charge in [-0.3, -0.25) is 4.68 Å². The smallest absolute Gasteiger partial charge is 0.177 e. The maximum absolute atomic E-state index is 5.32. The molecule has 0 saturated carbocycles. The van der Waals surface area contributed by atoms with Gasteiger partial charge in [0, 0.05) is 20.8 Å². The predicted octanol–water partition coefficient (Wildman–Crippen LogP) is 1.94. The van der Waals surface area contributed by atoms with Crippen LogP contribution < -0.4 is 5.32 Å². The first-order valence-corrected chi connectivity index (χ1v) is 6.42. The van der Waals surface area contributed by atoms with Crippen LogP contribution in [0, 0.1) is 0 Å². The van der Waals surface area contributed by atoms with Crippen LogP contribution in [-0.2, 0) is 16.0 Å². The Morgan fingerprint density at radius 1 is 1.47 bits per heavy atom. The number of ether oxygens (including phenoxy) is 2. The molecule has 0 bridgehead atoms. The van der Waals surface area contributed by atoms with Crippen molar-refractivity contribution in [3.63, 3.8) is 0 Å². The van der Waals surface area contributed by atoms with Gasteiger partial charge in [-0.2, -0.15) is 5.10 Å². The molecule has 0 spiro atoms. The first-order chi connectivity index (χ1) is 8.19. The summed E-state index contributed by atoms with van der Waals surface area (Å²) in [5.74, 6) is 0. The van der Waals surface area contributed by atoms with Crippen LogP contribution in [-0.4, -0.2) is 37.3 Å². The van der Waals surface area contributed by atoms with E-state index in [0.717, 1.165) is 23.1 Å². The summed E-state index contributed by atoms with van der Waals surface area (Å²) in [6.45, 7) is 3.00. The molecule has 0 radical (unpaired) electrons. The number of hydrogen-bond donors (Lipinski definition) is 1. The largest absolute Gasteiger partial charge is 0.354 e. The fourth-order valence-corrected chi connectivity index (χ4v) is 2.38. The fraction of sp³-hybridized carbons (Fsp3) is 0.727. The van der Waals surface area contributed by atoms with Crippen molar-refractivity contribution in [2.24, 2.45) is 0 Å². The van der Waals surface area contributed by atoms with E-state index in [4.69, 9.17) is 9.47 Å². The topological polar surface area (TPSA) is 48.3 Å². The Hall–Kier alpha value is -0.430. The standard InChI is InChI=1S/C11H20BrN3O2/c1-5-6-15-10(8(12)7-14-15)9(13-2)11(16-3)17-4/h7,9,11,13H,5-6H2,1-4H3. The second kappa shape index (κ2) is 7.10. The van der Waals surface area contributed by atoms with Crippen LogP contribution in [0.25, 0.3) is 0 Å². The highest BCUT2D eigenvalue weighted by Crippen LogP contribution is 2.27. The van der Waals surface area contributed by atoms with Crippen molar-refractivity contribution in [3.8, 4) is 0 Å². The minimum Gasteiger partial charge on any atom is -0.354 e. The average Bonchev–Trinajstić information content (AvgIpc) is 2.68. The Kier molecular flexibility index (Phi) is 6.11. The van der Waals surface area contributed by atoms with E-state index < -0.39 is 0 Å². The summed E-state index contributed by atoms with van der Waals surface area (Å²) < 4.78 is 13.6. The zero-order valence-corrected chi connectivity index (χ0v) is 12.3. The lowest BCUT2D eigenvalue weighted by molar-refractivity contribution is -0.124. The van der Waals surface area contributed by atoms with Crippen LogP contribution >= 0.6 is 15.9 Å². The second-order valence-corrected chi connectivity index (χ2v) is 4.56. The van der Waals surface area contributed by atoms with Gasteiger partial charge in [-0.25, -0.2) is 0 Å². The second-order valence-electron chi connectivity index (χ2n) is 3.71. The Morgan fingerprint density at radius 2 is 2.12 bits per heavy atom. The fourth-order valence-electron chi connectivity index (χ4n) is 1.84. The van der Waals surface area contributed by atoms with E-state index in [1.165, 1.54) is 0 Å². The van der Waals surface area contributed by atoms with E-state index in [-0.39, 0.29) is 12.3 Å². The normalized spacial score (nSPS) is 13.3. The van der Waals surface area contributed by atoms with Gasteiger partial charge in [-0.1, -0.05) is 6.92 Å². The van der Waals surface area contributed by atoms with E-state index in [0.29, 0.717) is 0 Å². The van der Waals surface area contributed by atoms with Gasteiger partial charge in [-0.15, -0.1) is 0 Å². The van der Waals surface area contributed by atoms with Gasteiger partial charge in [0.2, 0.25) is 0 Å². The van der Waals surface area contributed by atoms with Crippen LogP contribution in [0.5, 0.6) is 0 Å². The Balaban J connectivity index is 3.04. The van der Waals surface area contributed by atoms with Gasteiger partial charge in [0.05, 0.1) is 16.4 Å². The molecule has 1 rings (SSSR count). The molecular formula is C11H20BrN3O2. The number of aromatic nitrogens is 2. The number of nitrogens with zero attached hydrogens (tertiary/aromatic N) is 2. The van der Waals surface area contributed by atoms with E-state index in [9.17, 15) is 0 Å². The van der Waals surface area contributed by atoms with Crippen molar-refractivity contribution in [1.82, 2.24) is 15.1 Å². The maximum Gasteiger partial charge on any atom is 0.177 e. The number of aryl methyl sites for hydroxylation is 1. The van der Waals surface area contributed by atoms with E-state index >= 15 is 0 Å². The van der Waals surface area contributed by atoms with Crippen molar-refractivity contribution in [2.75, 3.05) is 21.3 Å². The van der Waals surface area contributed by atoms with Crippen molar-refractivity contribution in [2.45, 2.75) is 32.2 Å². The molecule has 6 heteroatoms. The van der Waals surface area contributed by atoms with Crippen molar-refractivity contribution in [1.29, 1.82) is 0 Å². The van der Waals surface area contributed by atoms with Gasteiger partial charge >= 0.3 is 0 Å². The predicted molar refractivity (Wildman–Crippen MR) is 69.8 cm³/mol. The van der Waals surface area contributed by atoms with Crippen LogP contribution in [0.15, 0.2) is 10.7 Å². The van der Waals surface area contributed by atoms with Crippen molar-refractivity contribution < 1.29 is 9.47 Å². The molecule has 0 aliphatic carbocycles. The molecule has 0 amide bonds. The summed E-state index contributed by atoms with van der Waals surface area (Å²) >= 11 is 3.52. The lowest BCUT2D eigenvalue weighted by Crippen LogP contribution is -2.34. The molecule has 0 aromatic carbocycles. The highest BCUT2D eigenvalue weighted by atomic mass is 79.9. The first-order valence-electron chi connectivity index (χ1n) is 5.63. The van der Waals surface area contributed by atoms with E-state index in [2.05, 4.69) is 33.3 Å². The molecule has 1 aromatic rings. The third-order valence-corrected chi connectivity index (χ3v) is 3.22. The molecule has 1 aromatic heterocycles. The average molecular weight is 306 g/mol. The molecule has 1 unspecified atom stereocenters. The number of rotatable bonds is 7. The van der Waals surface area contributed by atoms with Gasteiger partial charge in [0.1, 0.15) is 6.04 Å². The molecule has 1 atom stereocenters. The number of methoxy groups -OCH3 is 2. The molecule has 1 heterocycles. The Labute approximate surface area is 111 Å². The molecule has 0 saturated heterocycles. The number of nitrogens with one attached hydrogen (secondary N) is 1. The number of hydrogen-bond acceptors (Lipinski definition) is 4. The minimum atomic E-state index is -0.344. The van der Waals surface area contributed by atoms with Crippen LogP contribution in [0.1, 0.15) is 25.1 Å². The zero-order valence-electron chi connectivity index (χ0n) is 10.7. The molecular weight excluding hydrogens is 286 g/mol. The van der Waals surface area contributed by atoms with Crippen LogP contribution in [0.2, 0.25) is 0 Å². The summed E-state index contributed by atoms with van der Waals surface area (Å²) in [5.41, 5.74) is 1.04. The van der Waals surface area contributed by atoms with Gasteiger partial charge in [0.25, 0.3) is 0 Å². The van der Waals surface area contributed by atoms with E-state index in [1.807, 2.05) is 11.7 Å². The van der Waals surface area contributed by atoms with Crippen molar-refractivity contribution in [3.05, 3.63) is 16.4 Å². The number of halogens is 1. The monoisotopic (exact) mass is 305 g/mol. The molecule has 5 nitrogen and oxygen atoms in total. The van der Waals surface area contributed by atoms with Crippen molar-refractivity contribution >= 4 is 15.9 Å². The molecule has 17 heavy (non-hydrogen) atoms. The summed E-state index contributed by atoms with van der Waals surface area (Å²) in [4.78, 5) is 0. The molecule has 98 valence electrons. The number of likely N-dealkylation sites (N-methyl/N-ethyl adjacent to an activating group) is 1. The lowest BCUT2D eigenvalue weighted by atomic mass is 10.2. The SMILES string of the molecule is CCCn1ncc(Br)c1C(NC)C(OC)OC. The quantitative estimate of drug-likeness (QED) is 0.782. The third-order valence-electron chi connectivity index (χ3n) is 2.61. The lowest BCUT2D eigenvalue weighted by Gasteiger charge is -2.25. The summed E-state index contributed by atoms with van der Waals surface area (Å²) in [6.07, 6.45) is 2.49. The minimum absolute atomic E-state index is 0.0616. The summed E-state index contributed by atoms with van der Waals surface area (Å²) in [5, 5.41) is 7.55. The van der Waals surface area contributed by atoms with Gasteiger partial charge in [0.15, 0.2) is 6.29 Å². The molecule has 1 N–H and O–H groups in total. The third kappa shape index (κ3) is 3.28. The Morgan fingerprint density at radius 3 is 2.59 bits per heavy atom. The first kappa shape index (κ1) is 14.6. The van der Waals surface area contributed by atoms with Crippen LogP contribution in [0.4, 0.5) is 0 Å². The zero-order chi connectivity index (χ0) is 12.8. The summed E-state index contributed by atoms with van der Waals surface area (Å²) in [6, 6.07) is -0.0616. The highest BCUT2D eigenvalue weighted by Gasteiger charge is 2.27. The van der Waals surface area contributed by atoms with Crippen LogP contribution in [0.3, 0.4) is 0 Å². The summed E-state index contributed by atoms with van der Waals surface area (Å²) in [7, 11) is 5.14. The highest BCUT2D eigenvalue weighted by molar-refractivity contribution is 9.10.